The zero-order chi connectivity index (χ0) is 28.9. The normalized spacial score (nSPS) is 13.9. The maximum atomic E-state index is 13.3. The van der Waals surface area contributed by atoms with E-state index in [9.17, 15) is 24.1 Å². The van der Waals surface area contributed by atoms with Gasteiger partial charge in [-0.25, -0.2) is 4.39 Å². The number of thioether (sulfide) groups is 1. The minimum atomic E-state index is -0.454. The molecule has 0 bridgehead atoms. The van der Waals surface area contributed by atoms with E-state index in [1.807, 2.05) is 0 Å². The molecule has 0 aromatic heterocycles. The number of hydrogen-bond acceptors (Lipinski definition) is 7. The summed E-state index contributed by atoms with van der Waals surface area (Å²) in [6, 6.07) is 25.2. The van der Waals surface area contributed by atoms with E-state index in [0.29, 0.717) is 31.9 Å². The van der Waals surface area contributed by atoms with Crippen molar-refractivity contribution in [3.05, 3.63) is 135 Å². The number of rotatable bonds is 8. The van der Waals surface area contributed by atoms with Gasteiger partial charge in [-0.1, -0.05) is 42.2 Å². The maximum absolute atomic E-state index is 13.3. The molecule has 1 fully saturated rings. The number of hydrogen-bond donors (Lipinski definition) is 1. The van der Waals surface area contributed by atoms with Gasteiger partial charge in [0.2, 0.25) is 0 Å². The van der Waals surface area contributed by atoms with E-state index in [2.05, 4.69) is 5.32 Å². The smallest absolute Gasteiger partial charge is 0.270 e. The quantitative estimate of drug-likeness (QED) is 0.103. The fourth-order valence-electron chi connectivity index (χ4n) is 3.91. The van der Waals surface area contributed by atoms with Gasteiger partial charge >= 0.3 is 0 Å². The molecular weight excluding hydrogens is 565 g/mol. The summed E-state index contributed by atoms with van der Waals surface area (Å²) in [5.74, 6) is -0.523. The van der Waals surface area contributed by atoms with Crippen molar-refractivity contribution in [1.29, 1.82) is 0 Å². The molecule has 1 N–H and O–H groups in total. The predicted molar refractivity (Wildman–Crippen MR) is 160 cm³/mol. The Kier molecular flexibility index (Phi) is 8.18. The van der Waals surface area contributed by atoms with Crippen molar-refractivity contribution in [2.75, 3.05) is 10.2 Å². The second kappa shape index (κ2) is 12.1. The van der Waals surface area contributed by atoms with E-state index in [-0.39, 0.29) is 18.2 Å². The molecule has 0 atom stereocenters. The molecule has 0 spiro atoms. The van der Waals surface area contributed by atoms with E-state index in [1.165, 1.54) is 41.3 Å². The Morgan fingerprint density at radius 3 is 2.41 bits per heavy atom. The summed E-state index contributed by atoms with van der Waals surface area (Å²) < 4.78 is 19.3. The summed E-state index contributed by atoms with van der Waals surface area (Å²) in [6.07, 6.45) is 1.73. The van der Waals surface area contributed by atoms with E-state index in [0.717, 1.165) is 22.9 Å². The van der Waals surface area contributed by atoms with Crippen LogP contribution in [0.2, 0.25) is 0 Å². The molecule has 1 aliphatic rings. The number of nitro groups is 1. The lowest BCUT2D eigenvalue weighted by atomic mass is 10.1. The number of nitro benzene ring substituents is 1. The summed E-state index contributed by atoms with van der Waals surface area (Å²) in [6.45, 7) is 0.247. The molecule has 0 saturated carbocycles. The number of nitrogens with zero attached hydrogens (tertiary/aromatic N) is 2. The highest BCUT2D eigenvalue weighted by atomic mass is 32.2. The lowest BCUT2D eigenvalue weighted by Gasteiger charge is -2.15. The Morgan fingerprint density at radius 1 is 1.02 bits per heavy atom. The fourth-order valence-corrected chi connectivity index (χ4v) is 5.20. The van der Waals surface area contributed by atoms with E-state index in [4.69, 9.17) is 17.0 Å². The zero-order valence-corrected chi connectivity index (χ0v) is 22.8. The number of carbonyl (C=O) groups excluding carboxylic acids is 2. The van der Waals surface area contributed by atoms with Crippen LogP contribution in [0.4, 0.5) is 21.5 Å². The molecule has 0 unspecified atom stereocenters. The first-order valence-electron chi connectivity index (χ1n) is 12.2. The van der Waals surface area contributed by atoms with Crippen LogP contribution < -0.4 is 15.0 Å². The molecule has 0 aliphatic carbocycles. The van der Waals surface area contributed by atoms with Crippen LogP contribution in [0.25, 0.3) is 6.08 Å². The summed E-state index contributed by atoms with van der Waals surface area (Å²) >= 11 is 6.63. The minimum absolute atomic E-state index is 0.0172. The Labute approximate surface area is 243 Å². The first-order chi connectivity index (χ1) is 19.8. The van der Waals surface area contributed by atoms with E-state index in [1.54, 1.807) is 66.7 Å². The average Bonchev–Trinajstić information content (AvgIpc) is 3.26. The summed E-state index contributed by atoms with van der Waals surface area (Å²) in [5, 5.41) is 13.5. The zero-order valence-electron chi connectivity index (χ0n) is 21.2. The van der Waals surface area contributed by atoms with Crippen LogP contribution in [0.15, 0.2) is 102 Å². The standard InChI is InChI=1S/C30H20FN3O5S2/c31-22-8-10-23(11-9-22)32-28(35)21-2-1-3-25(17-21)33-29(36)27(41-30(33)40)16-19-6-14-26(15-7-19)39-18-20-4-12-24(13-5-20)34(37)38/h1-17H,18H2,(H,32,35)/b27-16+. The molecule has 0 radical (unpaired) electrons. The Hall–Kier alpha value is -4.87. The second-order valence-corrected chi connectivity index (χ2v) is 10.5. The summed E-state index contributed by atoms with van der Waals surface area (Å²) in [4.78, 5) is 38.1. The van der Waals surface area contributed by atoms with Crippen molar-refractivity contribution < 1.29 is 23.6 Å². The highest BCUT2D eigenvalue weighted by Gasteiger charge is 2.33. The van der Waals surface area contributed by atoms with Gasteiger partial charge in [-0.2, -0.15) is 0 Å². The molecule has 4 aromatic carbocycles. The predicted octanol–water partition coefficient (Wildman–Crippen LogP) is 6.97. The molecule has 2 amide bonds. The Balaban J connectivity index is 1.24. The van der Waals surface area contributed by atoms with Crippen LogP contribution >= 0.6 is 24.0 Å². The Morgan fingerprint density at radius 2 is 1.73 bits per heavy atom. The summed E-state index contributed by atoms with van der Waals surface area (Å²) in [5.41, 5.74) is 2.79. The third-order valence-electron chi connectivity index (χ3n) is 5.99. The van der Waals surface area contributed by atoms with E-state index >= 15 is 0 Å². The number of benzene rings is 4. The van der Waals surface area contributed by atoms with Gasteiger partial charge < -0.3 is 10.1 Å². The van der Waals surface area contributed by atoms with Gasteiger partial charge in [0.1, 0.15) is 18.2 Å². The third-order valence-corrected chi connectivity index (χ3v) is 7.30. The molecular formula is C30H20FN3O5S2. The molecule has 11 heteroatoms. The molecule has 41 heavy (non-hydrogen) atoms. The van der Waals surface area contributed by atoms with Crippen LogP contribution in [0.1, 0.15) is 21.5 Å². The van der Waals surface area contributed by atoms with Crippen LogP contribution in [0.3, 0.4) is 0 Å². The highest BCUT2D eigenvalue weighted by molar-refractivity contribution is 8.27. The maximum Gasteiger partial charge on any atom is 0.270 e. The van der Waals surface area contributed by atoms with Gasteiger partial charge in [0, 0.05) is 23.4 Å². The van der Waals surface area contributed by atoms with Gasteiger partial charge in [0.15, 0.2) is 4.32 Å². The third kappa shape index (κ3) is 6.65. The monoisotopic (exact) mass is 585 g/mol. The molecule has 1 heterocycles. The molecule has 204 valence electrons. The van der Waals surface area contributed by atoms with Crippen molar-refractivity contribution >= 4 is 63.3 Å². The van der Waals surface area contributed by atoms with Gasteiger partial charge in [-0.05, 0) is 83.9 Å². The van der Waals surface area contributed by atoms with Crippen LogP contribution in [0, 0.1) is 15.9 Å². The Bertz CT molecular complexity index is 1670. The van der Waals surface area contributed by atoms with Crippen molar-refractivity contribution in [3.63, 3.8) is 0 Å². The number of nitrogens with one attached hydrogen (secondary N) is 1. The molecule has 1 aliphatic heterocycles. The van der Waals surface area contributed by atoms with Gasteiger partial charge in [0.05, 0.1) is 15.5 Å². The highest BCUT2D eigenvalue weighted by Crippen LogP contribution is 2.36. The number of amides is 2. The van der Waals surface area contributed by atoms with Crippen molar-refractivity contribution in [2.24, 2.45) is 0 Å². The second-order valence-electron chi connectivity index (χ2n) is 8.81. The number of ether oxygens (including phenoxy) is 1. The van der Waals surface area contributed by atoms with Crippen molar-refractivity contribution in [1.82, 2.24) is 0 Å². The number of halogens is 1. The number of thiocarbonyl (C=S) groups is 1. The molecule has 4 aromatic rings. The lowest BCUT2D eigenvalue weighted by Crippen LogP contribution is -2.27. The van der Waals surface area contributed by atoms with Crippen LogP contribution in [0.5, 0.6) is 5.75 Å². The summed E-state index contributed by atoms with van der Waals surface area (Å²) in [7, 11) is 0. The SMILES string of the molecule is O=C(Nc1ccc(F)cc1)c1cccc(N2C(=O)/C(=C\c3ccc(OCc4ccc([N+](=O)[O-])cc4)cc3)SC2=S)c1. The van der Waals surface area contributed by atoms with Crippen molar-refractivity contribution in [2.45, 2.75) is 6.61 Å². The van der Waals surface area contributed by atoms with Crippen LogP contribution in [-0.4, -0.2) is 21.1 Å². The number of anilines is 2. The van der Waals surface area contributed by atoms with Gasteiger partial charge in [0.25, 0.3) is 17.5 Å². The topological polar surface area (TPSA) is 102 Å². The first kappa shape index (κ1) is 27.7. The molecule has 5 rings (SSSR count). The van der Waals surface area contributed by atoms with Crippen LogP contribution in [-0.2, 0) is 11.4 Å². The van der Waals surface area contributed by atoms with Gasteiger partial charge in [-0.15, -0.1) is 0 Å². The molecule has 8 nitrogen and oxygen atoms in total. The van der Waals surface area contributed by atoms with Crippen molar-refractivity contribution in [3.8, 4) is 5.75 Å². The van der Waals surface area contributed by atoms with E-state index < -0.39 is 16.6 Å². The lowest BCUT2D eigenvalue weighted by molar-refractivity contribution is -0.384. The van der Waals surface area contributed by atoms with Gasteiger partial charge in [-0.3, -0.25) is 24.6 Å². The largest absolute Gasteiger partial charge is 0.489 e. The first-order valence-corrected chi connectivity index (χ1v) is 13.4. The minimum Gasteiger partial charge on any atom is -0.489 e. The molecule has 1 saturated heterocycles. The number of non-ortho nitro benzene ring substituents is 1. The fraction of sp³-hybridized carbons (Fsp3) is 0.0333. The number of carbonyl (C=O) groups is 2. The average molecular weight is 586 g/mol.